The van der Waals surface area contributed by atoms with Crippen molar-refractivity contribution in [3.05, 3.63) is 24.0 Å². The molecule has 0 radical (unpaired) electrons. The van der Waals surface area contributed by atoms with E-state index in [1.807, 2.05) is 18.3 Å². The molecule has 94 valence electrons. The molecule has 0 amide bonds. The number of nitrogens with one attached hydrogen (secondary N) is 1. The second kappa shape index (κ2) is 6.01. The molecular formula is C14H22N2O. The molecule has 0 unspecified atom stereocenters. The zero-order valence-corrected chi connectivity index (χ0v) is 10.6. The Bertz CT molecular complexity index is 339. The average molecular weight is 234 g/mol. The third-order valence-electron chi connectivity index (χ3n) is 3.74. The summed E-state index contributed by atoms with van der Waals surface area (Å²) >= 11 is 0. The van der Waals surface area contributed by atoms with Crippen molar-refractivity contribution in [1.82, 2.24) is 9.88 Å². The van der Waals surface area contributed by atoms with Gasteiger partial charge < -0.3 is 4.98 Å². The lowest BCUT2D eigenvalue weighted by Gasteiger charge is -2.32. The molecule has 3 nitrogen and oxygen atoms in total. The van der Waals surface area contributed by atoms with Crippen LogP contribution in [0, 0.1) is 0 Å². The Labute approximate surface area is 103 Å². The summed E-state index contributed by atoms with van der Waals surface area (Å²) in [7, 11) is 0. The zero-order valence-electron chi connectivity index (χ0n) is 10.6. The van der Waals surface area contributed by atoms with E-state index in [-0.39, 0.29) is 5.78 Å². The van der Waals surface area contributed by atoms with Gasteiger partial charge in [0.05, 0.1) is 12.2 Å². The Balaban J connectivity index is 1.92. The number of H-pyrrole nitrogens is 1. The van der Waals surface area contributed by atoms with Crippen LogP contribution in [0.4, 0.5) is 0 Å². The maximum Gasteiger partial charge on any atom is 0.192 e. The van der Waals surface area contributed by atoms with Crippen molar-refractivity contribution in [2.45, 2.75) is 45.1 Å². The smallest absolute Gasteiger partial charge is 0.192 e. The number of Topliss-reactive ketones (excluding diaryl/α,β-unsaturated/α-hetero) is 1. The van der Waals surface area contributed by atoms with Crippen LogP contribution in [0.25, 0.3) is 0 Å². The molecule has 1 N–H and O–H groups in total. The highest BCUT2D eigenvalue weighted by Crippen LogP contribution is 2.22. The molecule has 1 aliphatic carbocycles. The molecule has 0 aromatic carbocycles. The summed E-state index contributed by atoms with van der Waals surface area (Å²) < 4.78 is 0. The number of rotatable bonds is 5. The number of aromatic amines is 1. The maximum atomic E-state index is 12.0. The molecule has 1 fully saturated rings. The third-order valence-corrected chi connectivity index (χ3v) is 3.74. The fourth-order valence-corrected chi connectivity index (χ4v) is 2.72. The van der Waals surface area contributed by atoms with Crippen LogP contribution < -0.4 is 0 Å². The van der Waals surface area contributed by atoms with Crippen LogP contribution in [0.5, 0.6) is 0 Å². The van der Waals surface area contributed by atoms with Gasteiger partial charge in [0.15, 0.2) is 5.78 Å². The van der Waals surface area contributed by atoms with Crippen LogP contribution in [0.1, 0.15) is 49.5 Å². The molecule has 0 bridgehead atoms. The fourth-order valence-electron chi connectivity index (χ4n) is 2.72. The Morgan fingerprint density at radius 2 is 2.18 bits per heavy atom. The Morgan fingerprint density at radius 1 is 1.41 bits per heavy atom. The number of nitrogens with zero attached hydrogens (tertiary/aromatic N) is 1. The van der Waals surface area contributed by atoms with E-state index in [1.54, 1.807) is 0 Å². The largest absolute Gasteiger partial charge is 0.359 e. The van der Waals surface area contributed by atoms with Gasteiger partial charge in [-0.05, 0) is 31.5 Å². The highest BCUT2D eigenvalue weighted by atomic mass is 16.1. The van der Waals surface area contributed by atoms with Crippen LogP contribution in [-0.4, -0.2) is 34.8 Å². The Kier molecular flexibility index (Phi) is 4.37. The molecule has 0 atom stereocenters. The van der Waals surface area contributed by atoms with Gasteiger partial charge in [0.2, 0.25) is 0 Å². The summed E-state index contributed by atoms with van der Waals surface area (Å²) in [5.41, 5.74) is 0.735. The lowest BCUT2D eigenvalue weighted by Crippen LogP contribution is -2.40. The van der Waals surface area contributed by atoms with Gasteiger partial charge in [0.25, 0.3) is 0 Å². The van der Waals surface area contributed by atoms with E-state index < -0.39 is 0 Å². The first-order valence-electron chi connectivity index (χ1n) is 6.72. The first kappa shape index (κ1) is 12.4. The molecule has 2 rings (SSSR count). The van der Waals surface area contributed by atoms with Gasteiger partial charge in [-0.15, -0.1) is 0 Å². The predicted octanol–water partition coefficient (Wildman–Crippen LogP) is 2.85. The number of aromatic nitrogens is 1. The fraction of sp³-hybridized carbons (Fsp3) is 0.643. The van der Waals surface area contributed by atoms with Crippen molar-refractivity contribution in [3.63, 3.8) is 0 Å². The molecular weight excluding hydrogens is 212 g/mol. The van der Waals surface area contributed by atoms with E-state index >= 15 is 0 Å². The molecule has 0 saturated heterocycles. The second-order valence-corrected chi connectivity index (χ2v) is 4.86. The average Bonchev–Trinajstić information content (AvgIpc) is 2.90. The minimum absolute atomic E-state index is 0.211. The van der Waals surface area contributed by atoms with Crippen LogP contribution in [-0.2, 0) is 0 Å². The number of hydrogen-bond donors (Lipinski definition) is 1. The number of carbonyl (C=O) groups excluding carboxylic acids is 1. The van der Waals surface area contributed by atoms with Gasteiger partial charge in [-0.3, -0.25) is 9.69 Å². The molecule has 17 heavy (non-hydrogen) atoms. The molecule has 1 aromatic heterocycles. The van der Waals surface area contributed by atoms with Crippen molar-refractivity contribution in [2.24, 2.45) is 0 Å². The molecule has 1 heterocycles. The molecule has 1 aromatic rings. The van der Waals surface area contributed by atoms with Crippen molar-refractivity contribution in [1.29, 1.82) is 0 Å². The molecule has 0 spiro atoms. The SMILES string of the molecule is CCN(CC(=O)c1ccc[nH]1)C1CCCCC1. The van der Waals surface area contributed by atoms with E-state index in [0.717, 1.165) is 12.2 Å². The minimum atomic E-state index is 0.211. The van der Waals surface area contributed by atoms with E-state index in [4.69, 9.17) is 0 Å². The summed E-state index contributed by atoms with van der Waals surface area (Å²) in [6.45, 7) is 3.68. The predicted molar refractivity (Wildman–Crippen MR) is 69.2 cm³/mol. The van der Waals surface area contributed by atoms with Crippen molar-refractivity contribution in [3.8, 4) is 0 Å². The van der Waals surface area contributed by atoms with Gasteiger partial charge in [0.1, 0.15) is 0 Å². The van der Waals surface area contributed by atoms with E-state index in [9.17, 15) is 4.79 Å². The normalized spacial score (nSPS) is 17.5. The number of ketones is 1. The Morgan fingerprint density at radius 3 is 2.76 bits per heavy atom. The Hall–Kier alpha value is -1.09. The quantitative estimate of drug-likeness (QED) is 0.795. The molecule has 1 saturated carbocycles. The second-order valence-electron chi connectivity index (χ2n) is 4.86. The number of likely N-dealkylation sites (N-methyl/N-ethyl adjacent to an activating group) is 1. The van der Waals surface area contributed by atoms with Gasteiger partial charge >= 0.3 is 0 Å². The van der Waals surface area contributed by atoms with E-state index in [0.29, 0.717) is 12.6 Å². The summed E-state index contributed by atoms with van der Waals surface area (Å²) in [4.78, 5) is 17.4. The van der Waals surface area contributed by atoms with Gasteiger partial charge in [-0.2, -0.15) is 0 Å². The lowest BCUT2D eigenvalue weighted by atomic mass is 9.94. The topological polar surface area (TPSA) is 36.1 Å². The standard InChI is InChI=1S/C14H22N2O/c1-2-16(12-7-4-3-5-8-12)11-14(17)13-9-6-10-15-13/h6,9-10,12,15H,2-5,7-8,11H2,1H3. The first-order valence-corrected chi connectivity index (χ1v) is 6.72. The van der Waals surface area contributed by atoms with Crippen molar-refractivity contribution >= 4 is 5.78 Å². The number of carbonyl (C=O) groups is 1. The summed E-state index contributed by atoms with van der Waals surface area (Å²) in [5.74, 6) is 0.211. The highest BCUT2D eigenvalue weighted by molar-refractivity contribution is 5.95. The monoisotopic (exact) mass is 234 g/mol. The number of hydrogen-bond acceptors (Lipinski definition) is 2. The van der Waals surface area contributed by atoms with Gasteiger partial charge in [-0.1, -0.05) is 26.2 Å². The first-order chi connectivity index (χ1) is 8.31. The highest BCUT2D eigenvalue weighted by Gasteiger charge is 2.22. The van der Waals surface area contributed by atoms with Crippen molar-refractivity contribution < 1.29 is 4.79 Å². The molecule has 1 aliphatic rings. The zero-order chi connectivity index (χ0) is 12.1. The molecule has 0 aliphatic heterocycles. The van der Waals surface area contributed by atoms with Crippen LogP contribution in [0.2, 0.25) is 0 Å². The van der Waals surface area contributed by atoms with Crippen LogP contribution >= 0.6 is 0 Å². The van der Waals surface area contributed by atoms with Gasteiger partial charge in [-0.25, -0.2) is 0 Å². The van der Waals surface area contributed by atoms with E-state index in [2.05, 4.69) is 16.8 Å². The summed E-state index contributed by atoms with van der Waals surface area (Å²) in [6.07, 6.45) is 8.32. The molecule has 3 heteroatoms. The summed E-state index contributed by atoms with van der Waals surface area (Å²) in [5, 5.41) is 0. The van der Waals surface area contributed by atoms with Crippen LogP contribution in [0.3, 0.4) is 0 Å². The van der Waals surface area contributed by atoms with E-state index in [1.165, 1.54) is 32.1 Å². The van der Waals surface area contributed by atoms with Crippen molar-refractivity contribution in [2.75, 3.05) is 13.1 Å². The minimum Gasteiger partial charge on any atom is -0.359 e. The third kappa shape index (κ3) is 3.19. The van der Waals surface area contributed by atoms with Gasteiger partial charge in [0, 0.05) is 12.2 Å². The lowest BCUT2D eigenvalue weighted by molar-refractivity contribution is 0.0864. The maximum absolute atomic E-state index is 12.0. The summed E-state index contributed by atoms with van der Waals surface area (Å²) in [6, 6.07) is 4.36. The van der Waals surface area contributed by atoms with Crippen LogP contribution in [0.15, 0.2) is 18.3 Å².